The van der Waals surface area contributed by atoms with E-state index < -0.39 is 0 Å². The van der Waals surface area contributed by atoms with E-state index in [4.69, 9.17) is 5.73 Å². The van der Waals surface area contributed by atoms with Crippen LogP contribution >= 0.6 is 0 Å². The number of hydrogen-bond acceptors (Lipinski definition) is 5. The van der Waals surface area contributed by atoms with Crippen molar-refractivity contribution in [3.05, 3.63) is 18.1 Å². The molecule has 2 aliphatic rings. The van der Waals surface area contributed by atoms with Crippen molar-refractivity contribution in [2.75, 3.05) is 5.73 Å². The molecule has 2 atom stereocenters. The number of aromatic nitrogens is 2. The number of anilines is 1. The molecular weight excluding hydrogens is 232 g/mol. The van der Waals surface area contributed by atoms with Gasteiger partial charge in [0.15, 0.2) is 0 Å². The third-order valence-electron chi connectivity index (χ3n) is 3.82. The Balaban J connectivity index is 1.85. The molecular formula is C12H16N4O2. The molecule has 1 aromatic heterocycles. The number of carbonyl (C=O) groups excluding carboxylic acids is 1. The van der Waals surface area contributed by atoms with Crippen LogP contribution in [0.1, 0.15) is 36.2 Å². The van der Waals surface area contributed by atoms with E-state index in [-0.39, 0.29) is 29.9 Å². The lowest BCUT2D eigenvalue weighted by molar-refractivity contribution is 0.0282. The highest BCUT2D eigenvalue weighted by molar-refractivity contribution is 5.93. The summed E-state index contributed by atoms with van der Waals surface area (Å²) in [6.45, 7) is 0. The molecule has 0 spiro atoms. The minimum atomic E-state index is -0.279. The van der Waals surface area contributed by atoms with Gasteiger partial charge in [-0.15, -0.1) is 0 Å². The number of nitrogens with zero attached hydrogens (tertiary/aromatic N) is 3. The van der Waals surface area contributed by atoms with Crippen molar-refractivity contribution in [3.63, 3.8) is 0 Å². The smallest absolute Gasteiger partial charge is 0.274 e. The molecule has 2 unspecified atom stereocenters. The van der Waals surface area contributed by atoms with Crippen molar-refractivity contribution < 1.29 is 9.90 Å². The number of carbonyl (C=O) groups is 1. The lowest BCUT2D eigenvalue weighted by Crippen LogP contribution is -2.48. The minimum Gasteiger partial charge on any atom is -0.393 e. The van der Waals surface area contributed by atoms with E-state index in [2.05, 4.69) is 9.97 Å². The number of fused-ring (bicyclic) bond motifs is 2. The Hall–Kier alpha value is -1.69. The third kappa shape index (κ3) is 1.82. The molecule has 2 aliphatic heterocycles. The van der Waals surface area contributed by atoms with Crippen LogP contribution in [0.5, 0.6) is 0 Å². The predicted molar refractivity (Wildman–Crippen MR) is 64.7 cm³/mol. The fraction of sp³-hybridized carbons (Fsp3) is 0.583. The number of aliphatic hydroxyl groups is 1. The van der Waals surface area contributed by atoms with Gasteiger partial charge < -0.3 is 15.7 Å². The van der Waals surface area contributed by atoms with Gasteiger partial charge in [-0.25, -0.2) is 4.98 Å². The summed E-state index contributed by atoms with van der Waals surface area (Å²) >= 11 is 0. The molecule has 3 rings (SSSR count). The lowest BCUT2D eigenvalue weighted by atomic mass is 9.99. The normalized spacial score (nSPS) is 30.5. The van der Waals surface area contributed by atoms with E-state index in [9.17, 15) is 9.90 Å². The molecule has 0 radical (unpaired) electrons. The molecule has 3 heterocycles. The molecule has 2 fully saturated rings. The van der Waals surface area contributed by atoms with Gasteiger partial charge in [0, 0.05) is 12.1 Å². The monoisotopic (exact) mass is 248 g/mol. The standard InChI is InChI=1S/C12H16N4O2/c13-11-6-14-5-10(15-11)12(18)16-7-1-2-8(16)4-9(17)3-7/h5-9,17H,1-4H2,(H2,13,15). The number of nitrogens with two attached hydrogens (primary N) is 1. The summed E-state index contributed by atoms with van der Waals surface area (Å²) in [5, 5.41) is 9.72. The van der Waals surface area contributed by atoms with Crippen molar-refractivity contribution in [1.82, 2.24) is 14.9 Å². The Kier molecular flexibility index (Phi) is 2.66. The summed E-state index contributed by atoms with van der Waals surface area (Å²) < 4.78 is 0. The van der Waals surface area contributed by atoms with Crippen LogP contribution in [0.4, 0.5) is 5.82 Å². The summed E-state index contributed by atoms with van der Waals surface area (Å²) in [7, 11) is 0. The van der Waals surface area contributed by atoms with Gasteiger partial charge in [-0.3, -0.25) is 9.78 Å². The second kappa shape index (κ2) is 4.20. The summed E-state index contributed by atoms with van der Waals surface area (Å²) in [5.74, 6) is 0.138. The number of piperidine rings is 1. The molecule has 96 valence electrons. The van der Waals surface area contributed by atoms with Gasteiger partial charge in [0.05, 0.1) is 18.5 Å². The van der Waals surface area contributed by atoms with Crippen molar-refractivity contribution >= 4 is 11.7 Å². The number of nitrogen functional groups attached to an aromatic ring is 1. The van der Waals surface area contributed by atoms with Gasteiger partial charge in [-0.1, -0.05) is 0 Å². The molecule has 2 bridgehead atoms. The minimum absolute atomic E-state index is 0.116. The quantitative estimate of drug-likeness (QED) is 0.740. The first-order valence-electron chi connectivity index (χ1n) is 6.23. The first-order chi connectivity index (χ1) is 8.65. The zero-order valence-corrected chi connectivity index (χ0v) is 9.99. The molecule has 6 nitrogen and oxygen atoms in total. The van der Waals surface area contributed by atoms with Crippen LogP contribution in [0.25, 0.3) is 0 Å². The highest BCUT2D eigenvalue weighted by Gasteiger charge is 2.43. The number of rotatable bonds is 1. The second-order valence-electron chi connectivity index (χ2n) is 5.05. The Morgan fingerprint density at radius 3 is 2.61 bits per heavy atom. The maximum absolute atomic E-state index is 12.4. The van der Waals surface area contributed by atoms with E-state index in [1.54, 1.807) is 0 Å². The predicted octanol–water partition coefficient (Wildman–Crippen LogP) is 0.187. The molecule has 0 saturated carbocycles. The Morgan fingerprint density at radius 2 is 2.00 bits per heavy atom. The molecule has 0 aliphatic carbocycles. The topological polar surface area (TPSA) is 92.3 Å². The largest absolute Gasteiger partial charge is 0.393 e. The molecule has 6 heteroatoms. The highest BCUT2D eigenvalue weighted by Crippen LogP contribution is 2.36. The Labute approximate surface area is 105 Å². The van der Waals surface area contributed by atoms with E-state index in [0.717, 1.165) is 12.8 Å². The first kappa shape index (κ1) is 11.4. The van der Waals surface area contributed by atoms with E-state index in [1.807, 2.05) is 4.90 Å². The van der Waals surface area contributed by atoms with Gasteiger partial charge in [0.2, 0.25) is 0 Å². The average Bonchev–Trinajstić information content (AvgIpc) is 2.61. The molecule has 1 amide bonds. The van der Waals surface area contributed by atoms with Crippen LogP contribution in [-0.4, -0.2) is 44.1 Å². The average molecular weight is 248 g/mol. The zero-order chi connectivity index (χ0) is 12.7. The highest BCUT2D eigenvalue weighted by atomic mass is 16.3. The summed E-state index contributed by atoms with van der Waals surface area (Å²) in [5.41, 5.74) is 5.84. The molecule has 18 heavy (non-hydrogen) atoms. The molecule has 0 aromatic carbocycles. The second-order valence-corrected chi connectivity index (χ2v) is 5.05. The fourth-order valence-electron chi connectivity index (χ4n) is 3.10. The lowest BCUT2D eigenvalue weighted by Gasteiger charge is -2.36. The van der Waals surface area contributed by atoms with Crippen LogP contribution in [0, 0.1) is 0 Å². The summed E-state index contributed by atoms with van der Waals surface area (Å²) in [4.78, 5) is 22.2. The number of amides is 1. The van der Waals surface area contributed by atoms with Crippen molar-refractivity contribution in [2.45, 2.75) is 43.9 Å². The van der Waals surface area contributed by atoms with Gasteiger partial charge in [-0.05, 0) is 25.7 Å². The molecule has 1 aromatic rings. The Morgan fingerprint density at radius 1 is 1.33 bits per heavy atom. The van der Waals surface area contributed by atoms with Crippen LogP contribution in [-0.2, 0) is 0 Å². The van der Waals surface area contributed by atoms with E-state index >= 15 is 0 Å². The van der Waals surface area contributed by atoms with Crippen molar-refractivity contribution in [1.29, 1.82) is 0 Å². The Bertz CT molecular complexity index is 465. The van der Waals surface area contributed by atoms with Crippen molar-refractivity contribution in [3.8, 4) is 0 Å². The maximum Gasteiger partial charge on any atom is 0.274 e. The molecule has 3 N–H and O–H groups in total. The summed E-state index contributed by atoms with van der Waals surface area (Å²) in [6, 6.07) is 0.268. The number of hydrogen-bond donors (Lipinski definition) is 2. The zero-order valence-electron chi connectivity index (χ0n) is 9.99. The van der Waals surface area contributed by atoms with E-state index in [1.165, 1.54) is 12.4 Å². The number of aliphatic hydroxyl groups excluding tert-OH is 1. The van der Waals surface area contributed by atoms with Gasteiger partial charge >= 0.3 is 0 Å². The van der Waals surface area contributed by atoms with Gasteiger partial charge in [0.1, 0.15) is 11.5 Å². The SMILES string of the molecule is Nc1cncc(C(=O)N2C3CCC2CC(O)C3)n1. The molecule has 2 saturated heterocycles. The van der Waals surface area contributed by atoms with E-state index in [0.29, 0.717) is 18.5 Å². The van der Waals surface area contributed by atoms with Crippen LogP contribution in [0.2, 0.25) is 0 Å². The third-order valence-corrected chi connectivity index (χ3v) is 3.82. The van der Waals surface area contributed by atoms with Crippen LogP contribution in [0.15, 0.2) is 12.4 Å². The summed E-state index contributed by atoms with van der Waals surface area (Å²) in [6.07, 6.45) is 5.84. The first-order valence-corrected chi connectivity index (χ1v) is 6.23. The van der Waals surface area contributed by atoms with Crippen LogP contribution < -0.4 is 5.73 Å². The fourth-order valence-corrected chi connectivity index (χ4v) is 3.10. The maximum atomic E-state index is 12.4. The van der Waals surface area contributed by atoms with Gasteiger partial charge in [0.25, 0.3) is 5.91 Å². The van der Waals surface area contributed by atoms with Crippen LogP contribution in [0.3, 0.4) is 0 Å². The van der Waals surface area contributed by atoms with Gasteiger partial charge in [-0.2, -0.15) is 0 Å². The van der Waals surface area contributed by atoms with Crippen molar-refractivity contribution in [2.24, 2.45) is 0 Å².